The molecule has 1 aromatic heterocycles. The predicted octanol–water partition coefficient (Wildman–Crippen LogP) is 3.14. The van der Waals surface area contributed by atoms with Crippen LogP contribution in [0.5, 0.6) is 5.75 Å². The molecule has 2 aromatic rings. The number of nitrogens with zero attached hydrogens (tertiary/aromatic N) is 4. The second-order valence-corrected chi connectivity index (χ2v) is 7.35. The van der Waals surface area contributed by atoms with Gasteiger partial charge in [0, 0.05) is 38.0 Å². The largest absolute Gasteiger partial charge is 0.497 e. The van der Waals surface area contributed by atoms with Crippen molar-refractivity contribution in [3.8, 4) is 11.4 Å². The molecule has 3 rings (SSSR count). The van der Waals surface area contributed by atoms with Gasteiger partial charge in [-0.15, -0.1) is 0 Å². The first-order valence-electron chi connectivity index (χ1n) is 10.1. The molecule has 0 spiro atoms. The standard InChI is InChI=1S/C24H26N4O4/c1-6-22(26(4)17(3)30)16(2)11-13-27-14-12-20-21(15-29)25-28(23(20)24(27)31)18-7-9-19(32-5)10-8-18/h6-11,13,15H,1,12,14H2,2-5H3/b13-11+,22-16+. The number of aromatic nitrogens is 2. The third kappa shape index (κ3) is 4.25. The molecule has 0 aliphatic carbocycles. The van der Waals surface area contributed by atoms with E-state index in [1.807, 2.05) is 6.92 Å². The zero-order valence-corrected chi connectivity index (χ0v) is 18.7. The molecule has 0 radical (unpaired) electrons. The molecular formula is C24H26N4O4. The van der Waals surface area contributed by atoms with Crippen LogP contribution in [0.2, 0.25) is 0 Å². The Hall–Kier alpha value is -3.94. The first-order chi connectivity index (χ1) is 15.3. The molecule has 2 amide bonds. The molecule has 1 aliphatic rings. The number of carbonyl (C=O) groups is 3. The van der Waals surface area contributed by atoms with E-state index in [0.29, 0.717) is 47.6 Å². The van der Waals surface area contributed by atoms with Crippen molar-refractivity contribution >= 4 is 18.1 Å². The molecule has 0 bridgehead atoms. The van der Waals surface area contributed by atoms with Crippen LogP contribution in [0.15, 0.2) is 60.5 Å². The molecule has 2 heterocycles. The van der Waals surface area contributed by atoms with E-state index in [-0.39, 0.29) is 17.5 Å². The highest BCUT2D eigenvalue weighted by molar-refractivity contribution is 5.98. The van der Waals surface area contributed by atoms with Gasteiger partial charge in [-0.2, -0.15) is 5.10 Å². The third-order valence-electron chi connectivity index (χ3n) is 5.44. The lowest BCUT2D eigenvalue weighted by atomic mass is 10.0. The van der Waals surface area contributed by atoms with Gasteiger partial charge in [-0.3, -0.25) is 14.4 Å². The highest BCUT2D eigenvalue weighted by atomic mass is 16.5. The summed E-state index contributed by atoms with van der Waals surface area (Å²) in [6.07, 6.45) is 6.24. The number of methoxy groups -OCH3 is 1. The van der Waals surface area contributed by atoms with Gasteiger partial charge in [-0.05, 0) is 55.3 Å². The third-order valence-corrected chi connectivity index (χ3v) is 5.44. The van der Waals surface area contributed by atoms with Gasteiger partial charge in [-0.1, -0.05) is 6.58 Å². The number of benzene rings is 1. The van der Waals surface area contributed by atoms with Crippen molar-refractivity contribution in [2.75, 3.05) is 20.7 Å². The maximum atomic E-state index is 13.3. The summed E-state index contributed by atoms with van der Waals surface area (Å²) in [5, 5.41) is 4.37. The predicted molar refractivity (Wildman–Crippen MR) is 121 cm³/mol. The zero-order valence-electron chi connectivity index (χ0n) is 18.7. The van der Waals surface area contributed by atoms with Gasteiger partial charge in [0.1, 0.15) is 17.1 Å². The van der Waals surface area contributed by atoms with Crippen molar-refractivity contribution in [1.29, 1.82) is 0 Å². The lowest BCUT2D eigenvalue weighted by molar-refractivity contribution is -0.125. The lowest BCUT2D eigenvalue weighted by Crippen LogP contribution is -2.35. The normalized spacial score (nSPS) is 14.1. The van der Waals surface area contributed by atoms with Crippen molar-refractivity contribution in [2.45, 2.75) is 20.3 Å². The number of hydrogen-bond acceptors (Lipinski definition) is 5. The molecule has 0 saturated carbocycles. The van der Waals surface area contributed by atoms with E-state index in [9.17, 15) is 14.4 Å². The zero-order chi connectivity index (χ0) is 23.4. The molecule has 0 atom stereocenters. The van der Waals surface area contributed by atoms with Crippen molar-refractivity contribution in [1.82, 2.24) is 19.6 Å². The minimum absolute atomic E-state index is 0.115. The van der Waals surface area contributed by atoms with Crippen LogP contribution >= 0.6 is 0 Å². The lowest BCUT2D eigenvalue weighted by Gasteiger charge is -2.25. The Bertz CT molecular complexity index is 1130. The minimum Gasteiger partial charge on any atom is -0.497 e. The summed E-state index contributed by atoms with van der Waals surface area (Å²) < 4.78 is 6.69. The topological polar surface area (TPSA) is 84.7 Å². The summed E-state index contributed by atoms with van der Waals surface area (Å²) >= 11 is 0. The summed E-state index contributed by atoms with van der Waals surface area (Å²) in [7, 11) is 3.24. The monoisotopic (exact) mass is 434 g/mol. The van der Waals surface area contributed by atoms with Crippen LogP contribution < -0.4 is 4.74 Å². The molecule has 1 aliphatic heterocycles. The Kier molecular flexibility index (Phi) is 6.73. The maximum Gasteiger partial charge on any atom is 0.276 e. The SMILES string of the molecule is C=C/C(=C(C)\C=C\N1CCc2c(C=O)nn(-c3ccc(OC)cc3)c2C1=O)N(C)C(C)=O. The smallest absolute Gasteiger partial charge is 0.276 e. The van der Waals surface area contributed by atoms with Gasteiger partial charge in [0.2, 0.25) is 5.91 Å². The fourth-order valence-corrected chi connectivity index (χ4v) is 3.57. The number of allylic oxidation sites excluding steroid dienone is 3. The van der Waals surface area contributed by atoms with Crippen molar-refractivity contribution < 1.29 is 19.1 Å². The van der Waals surface area contributed by atoms with Crippen LogP contribution in [-0.4, -0.2) is 58.4 Å². The Labute approximate surface area is 187 Å². The van der Waals surface area contributed by atoms with Crippen LogP contribution in [0.4, 0.5) is 0 Å². The summed E-state index contributed by atoms with van der Waals surface area (Å²) in [5.41, 5.74) is 3.36. The highest BCUT2D eigenvalue weighted by Gasteiger charge is 2.31. The minimum atomic E-state index is -0.258. The van der Waals surface area contributed by atoms with Crippen molar-refractivity contribution in [2.24, 2.45) is 0 Å². The van der Waals surface area contributed by atoms with Crippen LogP contribution in [0.3, 0.4) is 0 Å². The van der Waals surface area contributed by atoms with Crippen molar-refractivity contribution in [3.63, 3.8) is 0 Å². The molecule has 1 aromatic carbocycles. The number of aldehydes is 1. The highest BCUT2D eigenvalue weighted by Crippen LogP contribution is 2.26. The van der Waals surface area contributed by atoms with Gasteiger partial charge < -0.3 is 14.5 Å². The average Bonchev–Trinajstić information content (AvgIpc) is 3.18. The molecule has 166 valence electrons. The quantitative estimate of drug-likeness (QED) is 0.494. The number of amides is 2. The molecule has 0 saturated heterocycles. The summed E-state index contributed by atoms with van der Waals surface area (Å²) in [6, 6.07) is 7.10. The van der Waals surface area contributed by atoms with Crippen LogP contribution in [0, 0.1) is 0 Å². The van der Waals surface area contributed by atoms with E-state index in [1.54, 1.807) is 61.7 Å². The summed E-state index contributed by atoms with van der Waals surface area (Å²) in [4.78, 5) is 39.7. The second kappa shape index (κ2) is 9.47. The van der Waals surface area contributed by atoms with E-state index in [1.165, 1.54) is 16.5 Å². The van der Waals surface area contributed by atoms with E-state index in [4.69, 9.17) is 4.74 Å². The van der Waals surface area contributed by atoms with Gasteiger partial charge in [-0.25, -0.2) is 4.68 Å². The number of ether oxygens (including phenoxy) is 1. The van der Waals surface area contributed by atoms with Crippen LogP contribution in [0.1, 0.15) is 40.4 Å². The Morgan fingerprint density at radius 2 is 1.94 bits per heavy atom. The number of fused-ring (bicyclic) bond motifs is 1. The van der Waals surface area contributed by atoms with Crippen molar-refractivity contribution in [3.05, 3.63) is 77.4 Å². The Balaban J connectivity index is 1.97. The molecular weight excluding hydrogens is 408 g/mol. The summed E-state index contributed by atoms with van der Waals surface area (Å²) in [5.74, 6) is 0.306. The fraction of sp³-hybridized carbons (Fsp3) is 0.250. The van der Waals surface area contributed by atoms with E-state index in [2.05, 4.69) is 11.7 Å². The van der Waals surface area contributed by atoms with Gasteiger partial charge in [0.05, 0.1) is 12.8 Å². The fourth-order valence-electron chi connectivity index (χ4n) is 3.57. The van der Waals surface area contributed by atoms with Crippen LogP contribution in [-0.2, 0) is 11.2 Å². The average molecular weight is 434 g/mol. The van der Waals surface area contributed by atoms with E-state index in [0.717, 1.165) is 5.57 Å². The van der Waals surface area contributed by atoms with Gasteiger partial charge >= 0.3 is 0 Å². The first-order valence-corrected chi connectivity index (χ1v) is 10.1. The molecule has 0 unspecified atom stereocenters. The van der Waals surface area contributed by atoms with Gasteiger partial charge in [0.25, 0.3) is 5.91 Å². The van der Waals surface area contributed by atoms with E-state index >= 15 is 0 Å². The molecule has 0 N–H and O–H groups in total. The molecule has 8 heteroatoms. The van der Waals surface area contributed by atoms with E-state index < -0.39 is 0 Å². The molecule has 32 heavy (non-hydrogen) atoms. The maximum absolute atomic E-state index is 13.3. The summed E-state index contributed by atoms with van der Waals surface area (Å²) in [6.45, 7) is 7.51. The number of hydrogen-bond donors (Lipinski definition) is 0. The Morgan fingerprint density at radius 3 is 2.50 bits per heavy atom. The number of likely N-dealkylation sites (N-methyl/N-ethyl adjacent to an activating group) is 1. The number of rotatable bonds is 7. The van der Waals surface area contributed by atoms with Crippen LogP contribution in [0.25, 0.3) is 5.69 Å². The first kappa shape index (κ1) is 22.7. The molecule has 8 nitrogen and oxygen atoms in total. The second-order valence-electron chi connectivity index (χ2n) is 7.35. The number of carbonyl (C=O) groups excluding carboxylic acids is 3. The van der Waals surface area contributed by atoms with Gasteiger partial charge in [0.15, 0.2) is 6.29 Å². The Morgan fingerprint density at radius 1 is 1.25 bits per heavy atom. The molecule has 0 fully saturated rings.